The minimum absolute atomic E-state index is 0.580. The molecule has 1 aromatic carbocycles. The maximum atomic E-state index is 5.72. The van der Waals surface area contributed by atoms with Gasteiger partial charge in [0.05, 0.1) is 11.1 Å². The molecule has 0 radical (unpaired) electrons. The molecule has 0 saturated carbocycles. The SMILES string of the molecule is Cc1ccc(OCCc2nnc3c(Br)cccn23)cc1. The molecule has 0 unspecified atom stereocenters. The lowest BCUT2D eigenvalue weighted by molar-refractivity contribution is 0.318. The number of hydrogen-bond acceptors (Lipinski definition) is 3. The number of halogens is 1. The average Bonchev–Trinajstić information content (AvgIpc) is 2.86. The van der Waals surface area contributed by atoms with Crippen molar-refractivity contribution in [1.29, 1.82) is 0 Å². The maximum absolute atomic E-state index is 5.72. The van der Waals surface area contributed by atoms with Gasteiger partial charge < -0.3 is 4.74 Å². The molecule has 4 nitrogen and oxygen atoms in total. The summed E-state index contributed by atoms with van der Waals surface area (Å²) < 4.78 is 8.64. The van der Waals surface area contributed by atoms with Crippen molar-refractivity contribution in [1.82, 2.24) is 14.6 Å². The van der Waals surface area contributed by atoms with Crippen LogP contribution in [-0.4, -0.2) is 21.2 Å². The number of benzene rings is 1. The van der Waals surface area contributed by atoms with Crippen LogP contribution in [0.5, 0.6) is 5.75 Å². The van der Waals surface area contributed by atoms with Crippen molar-refractivity contribution in [3.63, 3.8) is 0 Å². The predicted octanol–water partition coefficient (Wildman–Crippen LogP) is 3.42. The summed E-state index contributed by atoms with van der Waals surface area (Å²) in [5.74, 6) is 1.78. The van der Waals surface area contributed by atoms with Gasteiger partial charge in [0.1, 0.15) is 11.6 Å². The first-order valence-corrected chi connectivity index (χ1v) is 7.21. The summed E-state index contributed by atoms with van der Waals surface area (Å²) >= 11 is 3.47. The summed E-state index contributed by atoms with van der Waals surface area (Å²) in [4.78, 5) is 0. The van der Waals surface area contributed by atoms with Crippen molar-refractivity contribution in [3.8, 4) is 5.75 Å². The zero-order chi connectivity index (χ0) is 13.9. The van der Waals surface area contributed by atoms with E-state index >= 15 is 0 Å². The Labute approximate surface area is 125 Å². The van der Waals surface area contributed by atoms with Gasteiger partial charge in [-0.25, -0.2) is 0 Å². The Hall–Kier alpha value is -1.88. The first-order valence-electron chi connectivity index (χ1n) is 6.41. The standard InChI is InChI=1S/C15H14BrN3O/c1-11-4-6-12(7-5-11)20-10-8-14-17-18-15-13(16)3-2-9-19(14)15/h2-7,9H,8,10H2,1H3. The first kappa shape index (κ1) is 13.1. The lowest BCUT2D eigenvalue weighted by atomic mass is 10.2. The van der Waals surface area contributed by atoms with Crippen LogP contribution in [0.1, 0.15) is 11.4 Å². The van der Waals surface area contributed by atoms with Crippen LogP contribution in [0.15, 0.2) is 47.1 Å². The van der Waals surface area contributed by atoms with Gasteiger partial charge in [-0.2, -0.15) is 0 Å². The van der Waals surface area contributed by atoms with Gasteiger partial charge in [-0.15, -0.1) is 10.2 Å². The lowest BCUT2D eigenvalue weighted by Gasteiger charge is -2.05. The first-order chi connectivity index (χ1) is 9.74. The molecule has 0 fully saturated rings. The Morgan fingerprint density at radius 2 is 1.95 bits per heavy atom. The molecule has 20 heavy (non-hydrogen) atoms. The van der Waals surface area contributed by atoms with Crippen molar-refractivity contribution in [2.24, 2.45) is 0 Å². The molecule has 0 aliphatic heterocycles. The molecule has 0 spiro atoms. The largest absolute Gasteiger partial charge is 0.493 e. The van der Waals surface area contributed by atoms with E-state index in [1.165, 1.54) is 5.56 Å². The van der Waals surface area contributed by atoms with Crippen LogP contribution in [0, 0.1) is 6.92 Å². The molecule has 2 heterocycles. The molecule has 5 heteroatoms. The Balaban J connectivity index is 1.68. The van der Waals surface area contributed by atoms with E-state index in [1.807, 2.05) is 47.0 Å². The van der Waals surface area contributed by atoms with Crippen molar-refractivity contribution in [2.45, 2.75) is 13.3 Å². The minimum Gasteiger partial charge on any atom is -0.493 e. The highest BCUT2D eigenvalue weighted by Gasteiger charge is 2.07. The van der Waals surface area contributed by atoms with Crippen molar-refractivity contribution in [3.05, 3.63) is 58.5 Å². The van der Waals surface area contributed by atoms with Gasteiger partial charge >= 0.3 is 0 Å². The van der Waals surface area contributed by atoms with Crippen LogP contribution in [-0.2, 0) is 6.42 Å². The van der Waals surface area contributed by atoms with E-state index in [1.54, 1.807) is 0 Å². The number of hydrogen-bond donors (Lipinski definition) is 0. The Kier molecular flexibility index (Phi) is 3.69. The summed E-state index contributed by atoms with van der Waals surface area (Å²) in [7, 11) is 0. The number of nitrogens with zero attached hydrogens (tertiary/aromatic N) is 3. The highest BCUT2D eigenvalue weighted by atomic mass is 79.9. The third kappa shape index (κ3) is 2.67. The quantitative estimate of drug-likeness (QED) is 0.735. The Bertz CT molecular complexity index is 722. The molecule has 3 aromatic rings. The second kappa shape index (κ2) is 5.63. The molecule has 2 aromatic heterocycles. The van der Waals surface area contributed by atoms with E-state index < -0.39 is 0 Å². The number of ether oxygens (including phenoxy) is 1. The van der Waals surface area contributed by atoms with Crippen LogP contribution in [0.2, 0.25) is 0 Å². The summed E-state index contributed by atoms with van der Waals surface area (Å²) in [6, 6.07) is 12.0. The molecule has 0 aliphatic carbocycles. The van der Waals surface area contributed by atoms with Gasteiger partial charge in [0, 0.05) is 12.6 Å². The molecule has 0 atom stereocenters. The Morgan fingerprint density at radius 3 is 2.75 bits per heavy atom. The van der Waals surface area contributed by atoms with Crippen LogP contribution in [0.25, 0.3) is 5.65 Å². The van der Waals surface area contributed by atoms with E-state index in [4.69, 9.17) is 4.74 Å². The maximum Gasteiger partial charge on any atom is 0.175 e. The van der Waals surface area contributed by atoms with E-state index in [2.05, 4.69) is 33.1 Å². The van der Waals surface area contributed by atoms with E-state index in [9.17, 15) is 0 Å². The van der Waals surface area contributed by atoms with Gasteiger partial charge in [-0.05, 0) is 47.1 Å². The zero-order valence-electron chi connectivity index (χ0n) is 11.1. The smallest absolute Gasteiger partial charge is 0.175 e. The summed E-state index contributed by atoms with van der Waals surface area (Å²) in [5.41, 5.74) is 2.06. The second-order valence-electron chi connectivity index (χ2n) is 4.58. The molecule has 0 aliphatic rings. The van der Waals surface area contributed by atoms with Crippen LogP contribution in [0.4, 0.5) is 0 Å². The summed E-state index contributed by atoms with van der Waals surface area (Å²) in [6.07, 6.45) is 2.67. The number of fused-ring (bicyclic) bond motifs is 1. The van der Waals surface area contributed by atoms with Gasteiger partial charge in [0.25, 0.3) is 0 Å². The van der Waals surface area contributed by atoms with Gasteiger partial charge in [0.2, 0.25) is 0 Å². The van der Waals surface area contributed by atoms with Crippen molar-refractivity contribution < 1.29 is 4.74 Å². The molecule has 0 saturated heterocycles. The Morgan fingerprint density at radius 1 is 1.15 bits per heavy atom. The molecule has 0 bridgehead atoms. The molecular weight excluding hydrogens is 318 g/mol. The monoisotopic (exact) mass is 331 g/mol. The fraction of sp³-hybridized carbons (Fsp3) is 0.200. The number of aryl methyl sites for hydroxylation is 1. The predicted molar refractivity (Wildman–Crippen MR) is 81.1 cm³/mol. The van der Waals surface area contributed by atoms with E-state index in [0.29, 0.717) is 13.0 Å². The highest BCUT2D eigenvalue weighted by Crippen LogP contribution is 2.17. The number of pyridine rings is 1. The van der Waals surface area contributed by atoms with E-state index in [-0.39, 0.29) is 0 Å². The normalized spacial score (nSPS) is 10.9. The van der Waals surface area contributed by atoms with Gasteiger partial charge in [-0.1, -0.05) is 17.7 Å². The fourth-order valence-electron chi connectivity index (χ4n) is 2.00. The van der Waals surface area contributed by atoms with Crippen LogP contribution >= 0.6 is 15.9 Å². The highest BCUT2D eigenvalue weighted by molar-refractivity contribution is 9.10. The minimum atomic E-state index is 0.580. The topological polar surface area (TPSA) is 39.4 Å². The average molecular weight is 332 g/mol. The number of aromatic nitrogens is 3. The fourth-order valence-corrected chi connectivity index (χ4v) is 2.42. The van der Waals surface area contributed by atoms with E-state index in [0.717, 1.165) is 21.7 Å². The van der Waals surface area contributed by atoms with Crippen molar-refractivity contribution >= 4 is 21.6 Å². The van der Waals surface area contributed by atoms with Crippen LogP contribution in [0.3, 0.4) is 0 Å². The molecular formula is C15H14BrN3O. The summed E-state index contributed by atoms with van der Waals surface area (Å²) in [5, 5.41) is 8.37. The molecule has 102 valence electrons. The van der Waals surface area contributed by atoms with Gasteiger partial charge in [-0.3, -0.25) is 4.40 Å². The number of rotatable bonds is 4. The third-order valence-corrected chi connectivity index (χ3v) is 3.69. The lowest BCUT2D eigenvalue weighted by Crippen LogP contribution is -2.05. The van der Waals surface area contributed by atoms with Gasteiger partial charge in [0.15, 0.2) is 5.65 Å². The molecule has 0 N–H and O–H groups in total. The van der Waals surface area contributed by atoms with Crippen molar-refractivity contribution in [2.75, 3.05) is 6.61 Å². The molecule has 3 rings (SSSR count). The summed E-state index contributed by atoms with van der Waals surface area (Å²) in [6.45, 7) is 2.64. The second-order valence-corrected chi connectivity index (χ2v) is 5.43. The molecule has 0 amide bonds. The third-order valence-electron chi connectivity index (χ3n) is 3.07. The zero-order valence-corrected chi connectivity index (χ0v) is 12.7. The van der Waals surface area contributed by atoms with Crippen LogP contribution < -0.4 is 4.74 Å².